The average Bonchev–Trinajstić information content (AvgIpc) is 3.37. The Balaban J connectivity index is 1.28. The van der Waals surface area contributed by atoms with E-state index in [9.17, 15) is 18.0 Å². The van der Waals surface area contributed by atoms with Crippen LogP contribution in [0.3, 0.4) is 0 Å². The molecule has 8 nitrogen and oxygen atoms in total. The number of sulfone groups is 1. The molecular weight excluding hydrogens is 408 g/mol. The first-order valence-electron chi connectivity index (χ1n) is 9.69. The molecule has 2 aliphatic heterocycles. The molecule has 1 atom stereocenters. The van der Waals surface area contributed by atoms with E-state index in [1.807, 2.05) is 0 Å². The largest absolute Gasteiger partial charge is 0.454 e. The Labute approximate surface area is 174 Å². The molecule has 0 aliphatic carbocycles. The van der Waals surface area contributed by atoms with E-state index in [1.165, 1.54) is 0 Å². The van der Waals surface area contributed by atoms with Crippen LogP contribution in [-0.4, -0.2) is 45.9 Å². The highest BCUT2D eigenvalue weighted by atomic mass is 32.2. The molecule has 9 heteroatoms. The van der Waals surface area contributed by atoms with Gasteiger partial charge in [0.2, 0.25) is 18.6 Å². The third-order valence-corrected chi connectivity index (χ3v) is 6.97. The quantitative estimate of drug-likeness (QED) is 0.672. The van der Waals surface area contributed by atoms with Crippen LogP contribution >= 0.6 is 0 Å². The Morgan fingerprint density at radius 3 is 2.67 bits per heavy atom. The lowest BCUT2D eigenvalue weighted by Crippen LogP contribution is -2.34. The molecule has 2 aliphatic rings. The summed E-state index contributed by atoms with van der Waals surface area (Å²) in [6.07, 6.45) is 0.415. The van der Waals surface area contributed by atoms with E-state index in [0.29, 0.717) is 23.6 Å². The number of fused-ring (bicyclic) bond motifs is 1. The highest BCUT2D eigenvalue weighted by Gasteiger charge is 2.35. The van der Waals surface area contributed by atoms with Gasteiger partial charge in [-0.15, -0.1) is 0 Å². The van der Waals surface area contributed by atoms with Crippen molar-refractivity contribution in [2.75, 3.05) is 30.5 Å². The van der Waals surface area contributed by atoms with Crippen LogP contribution in [-0.2, 0) is 19.4 Å². The fourth-order valence-electron chi connectivity index (χ4n) is 3.55. The fourth-order valence-corrected chi connectivity index (χ4v) is 4.88. The second-order valence-electron chi connectivity index (χ2n) is 7.22. The van der Waals surface area contributed by atoms with Crippen molar-refractivity contribution in [2.45, 2.75) is 17.7 Å². The maximum absolute atomic E-state index is 12.5. The van der Waals surface area contributed by atoms with E-state index in [0.717, 1.165) is 0 Å². The molecule has 158 valence electrons. The number of nitrogens with zero attached hydrogens (tertiary/aromatic N) is 1. The number of hydrogen-bond acceptors (Lipinski definition) is 6. The van der Waals surface area contributed by atoms with Crippen LogP contribution in [0.1, 0.15) is 12.8 Å². The first-order chi connectivity index (χ1) is 14.4. The van der Waals surface area contributed by atoms with Crippen molar-refractivity contribution in [1.82, 2.24) is 5.32 Å². The molecule has 1 fully saturated rings. The summed E-state index contributed by atoms with van der Waals surface area (Å²) in [6.45, 7) is 0.657. The topological polar surface area (TPSA) is 102 Å². The molecule has 0 aromatic heterocycles. The van der Waals surface area contributed by atoms with Crippen molar-refractivity contribution in [3.63, 3.8) is 0 Å². The van der Waals surface area contributed by atoms with Gasteiger partial charge in [0.15, 0.2) is 21.3 Å². The highest BCUT2D eigenvalue weighted by Crippen LogP contribution is 2.37. The van der Waals surface area contributed by atoms with Gasteiger partial charge in [-0.25, -0.2) is 8.42 Å². The molecule has 1 N–H and O–H groups in total. The summed E-state index contributed by atoms with van der Waals surface area (Å²) in [5, 5.41) is 2.76. The van der Waals surface area contributed by atoms with E-state index >= 15 is 0 Å². The van der Waals surface area contributed by atoms with Gasteiger partial charge in [-0.05, 0) is 30.7 Å². The van der Waals surface area contributed by atoms with Gasteiger partial charge in [0.25, 0.3) is 0 Å². The third-order valence-electron chi connectivity index (χ3n) is 5.16. The summed E-state index contributed by atoms with van der Waals surface area (Å²) in [6, 6.07) is 13.5. The Hall–Kier alpha value is -3.07. The monoisotopic (exact) mass is 430 g/mol. The van der Waals surface area contributed by atoms with E-state index in [-0.39, 0.29) is 48.8 Å². The van der Waals surface area contributed by atoms with Crippen molar-refractivity contribution in [1.29, 1.82) is 0 Å². The molecule has 2 heterocycles. The van der Waals surface area contributed by atoms with Gasteiger partial charge >= 0.3 is 0 Å². The molecule has 1 unspecified atom stereocenters. The number of benzene rings is 2. The minimum absolute atomic E-state index is 0.0514. The van der Waals surface area contributed by atoms with Gasteiger partial charge in [0.1, 0.15) is 0 Å². The number of amides is 2. The Kier molecular flexibility index (Phi) is 5.63. The number of carbonyl (C=O) groups is 2. The second-order valence-corrected chi connectivity index (χ2v) is 9.33. The van der Waals surface area contributed by atoms with Gasteiger partial charge in [-0.3, -0.25) is 9.59 Å². The molecule has 2 aromatic carbocycles. The van der Waals surface area contributed by atoms with E-state index in [4.69, 9.17) is 9.47 Å². The predicted molar refractivity (Wildman–Crippen MR) is 109 cm³/mol. The van der Waals surface area contributed by atoms with E-state index < -0.39 is 15.8 Å². The summed E-state index contributed by atoms with van der Waals surface area (Å²) in [7, 11) is -3.37. The summed E-state index contributed by atoms with van der Waals surface area (Å²) < 4.78 is 35.2. The van der Waals surface area contributed by atoms with Crippen LogP contribution in [0.25, 0.3) is 0 Å². The zero-order valence-electron chi connectivity index (χ0n) is 16.2. The number of nitrogens with one attached hydrogen (secondary N) is 1. The lowest BCUT2D eigenvalue weighted by Gasteiger charge is -2.17. The standard InChI is InChI=1S/C21H22N2O6S/c24-20-11-15(13-23(20)16-7-8-18-19(12-16)29-14-28-18)21(25)22-9-4-10-30(26,27)17-5-2-1-3-6-17/h1-3,5-8,12,15H,4,9-11,13-14H2,(H,22,25). The van der Waals surface area contributed by atoms with Crippen molar-refractivity contribution >= 4 is 27.3 Å². The van der Waals surface area contributed by atoms with Crippen LogP contribution < -0.4 is 19.7 Å². The summed E-state index contributed by atoms with van der Waals surface area (Å²) >= 11 is 0. The Bertz CT molecular complexity index is 1050. The normalized spacial score (nSPS) is 17.9. The van der Waals surface area contributed by atoms with Crippen LogP contribution in [0, 0.1) is 5.92 Å². The third kappa shape index (κ3) is 4.25. The molecule has 2 amide bonds. The van der Waals surface area contributed by atoms with Crippen LogP contribution in [0.5, 0.6) is 11.5 Å². The van der Waals surface area contributed by atoms with Crippen LogP contribution in [0.15, 0.2) is 53.4 Å². The second kappa shape index (κ2) is 8.35. The van der Waals surface area contributed by atoms with Gasteiger partial charge in [-0.1, -0.05) is 18.2 Å². The Morgan fingerprint density at radius 1 is 1.10 bits per heavy atom. The minimum atomic E-state index is -3.37. The lowest BCUT2D eigenvalue weighted by atomic mass is 10.1. The fraction of sp³-hybridized carbons (Fsp3) is 0.333. The average molecular weight is 430 g/mol. The van der Waals surface area contributed by atoms with Crippen molar-refractivity contribution in [3.05, 3.63) is 48.5 Å². The SMILES string of the molecule is O=C(NCCCS(=O)(=O)c1ccccc1)C1CC(=O)N(c2ccc3c(c2)OCO3)C1. The van der Waals surface area contributed by atoms with Crippen molar-refractivity contribution in [2.24, 2.45) is 5.92 Å². The molecule has 2 aromatic rings. The van der Waals surface area contributed by atoms with E-state index in [2.05, 4.69) is 5.32 Å². The first-order valence-corrected chi connectivity index (χ1v) is 11.3. The van der Waals surface area contributed by atoms with Crippen molar-refractivity contribution in [3.8, 4) is 11.5 Å². The molecule has 1 saturated heterocycles. The van der Waals surface area contributed by atoms with Gasteiger partial charge < -0.3 is 19.7 Å². The van der Waals surface area contributed by atoms with Crippen LogP contribution in [0.4, 0.5) is 5.69 Å². The van der Waals surface area contributed by atoms with Crippen molar-refractivity contribution < 1.29 is 27.5 Å². The minimum Gasteiger partial charge on any atom is -0.454 e. The first kappa shape index (κ1) is 20.2. The van der Waals surface area contributed by atoms with Gasteiger partial charge in [-0.2, -0.15) is 0 Å². The maximum Gasteiger partial charge on any atom is 0.231 e. The molecule has 0 bridgehead atoms. The predicted octanol–water partition coefficient (Wildman–Crippen LogP) is 1.75. The summed E-state index contributed by atoms with van der Waals surface area (Å²) in [5.74, 6) is 0.292. The smallest absolute Gasteiger partial charge is 0.231 e. The number of anilines is 1. The zero-order valence-corrected chi connectivity index (χ0v) is 17.1. The maximum atomic E-state index is 12.5. The number of hydrogen-bond donors (Lipinski definition) is 1. The molecule has 0 radical (unpaired) electrons. The Morgan fingerprint density at radius 2 is 1.87 bits per heavy atom. The molecule has 0 saturated carbocycles. The van der Waals surface area contributed by atoms with Gasteiger partial charge in [0.05, 0.1) is 16.6 Å². The lowest BCUT2D eigenvalue weighted by molar-refractivity contribution is -0.126. The summed E-state index contributed by atoms with van der Waals surface area (Å²) in [4.78, 5) is 26.7. The number of rotatable bonds is 7. The molecular formula is C21H22N2O6S. The highest BCUT2D eigenvalue weighted by molar-refractivity contribution is 7.91. The van der Waals surface area contributed by atoms with E-state index in [1.54, 1.807) is 53.4 Å². The van der Waals surface area contributed by atoms with Gasteiger partial charge in [0, 0.05) is 31.3 Å². The van der Waals surface area contributed by atoms with Crippen LogP contribution in [0.2, 0.25) is 0 Å². The number of carbonyl (C=O) groups excluding carboxylic acids is 2. The summed E-state index contributed by atoms with van der Waals surface area (Å²) in [5.41, 5.74) is 0.661. The zero-order chi connectivity index (χ0) is 21.1. The molecule has 30 heavy (non-hydrogen) atoms. The molecule has 4 rings (SSSR count). The molecule has 0 spiro atoms. The number of ether oxygens (including phenoxy) is 2.